The van der Waals surface area contributed by atoms with Crippen LogP contribution in [0.1, 0.15) is 24.8 Å². The Morgan fingerprint density at radius 3 is 3.00 bits per heavy atom. The maximum absolute atomic E-state index is 4.27. The average Bonchev–Trinajstić information content (AvgIpc) is 2.86. The van der Waals surface area contributed by atoms with Crippen molar-refractivity contribution in [2.45, 2.75) is 26.4 Å². The van der Waals surface area contributed by atoms with Crippen molar-refractivity contribution in [1.29, 1.82) is 0 Å². The van der Waals surface area contributed by atoms with Gasteiger partial charge in [0.05, 0.1) is 11.9 Å². The zero-order chi connectivity index (χ0) is 10.7. The Balaban J connectivity index is 1.94. The van der Waals surface area contributed by atoms with E-state index in [0.29, 0.717) is 6.04 Å². The smallest absolute Gasteiger partial charge is 0.0729 e. The molecule has 2 heterocycles. The molecule has 0 spiro atoms. The lowest BCUT2D eigenvalue weighted by Gasteiger charge is -2.03. The molecular formula is C11H15N3S. The van der Waals surface area contributed by atoms with Gasteiger partial charge in [-0.25, -0.2) is 0 Å². The highest BCUT2D eigenvalue weighted by Gasteiger charge is 2.01. The van der Waals surface area contributed by atoms with Crippen LogP contribution in [0.25, 0.3) is 0 Å². The standard InChI is InChI=1S/C11H15N3S/c1-9(2)14-8-10(6-13-14)12-7-11-4-3-5-15-11/h3-6,8-9,12H,7H2,1-2H3. The van der Waals surface area contributed by atoms with Gasteiger partial charge >= 0.3 is 0 Å². The van der Waals surface area contributed by atoms with E-state index in [1.165, 1.54) is 4.88 Å². The third kappa shape index (κ3) is 2.59. The molecule has 80 valence electrons. The maximum Gasteiger partial charge on any atom is 0.0729 e. The van der Waals surface area contributed by atoms with E-state index in [2.05, 4.69) is 41.8 Å². The van der Waals surface area contributed by atoms with Gasteiger partial charge in [0.15, 0.2) is 0 Å². The molecule has 15 heavy (non-hydrogen) atoms. The topological polar surface area (TPSA) is 29.9 Å². The molecule has 0 aliphatic heterocycles. The van der Waals surface area contributed by atoms with Gasteiger partial charge in [0.25, 0.3) is 0 Å². The van der Waals surface area contributed by atoms with Crippen LogP contribution >= 0.6 is 11.3 Å². The third-order valence-corrected chi connectivity index (χ3v) is 3.05. The van der Waals surface area contributed by atoms with Gasteiger partial charge in [-0.3, -0.25) is 4.68 Å². The molecule has 1 N–H and O–H groups in total. The van der Waals surface area contributed by atoms with Gasteiger partial charge < -0.3 is 5.32 Å². The zero-order valence-corrected chi connectivity index (χ0v) is 9.79. The summed E-state index contributed by atoms with van der Waals surface area (Å²) in [5.41, 5.74) is 1.08. The molecule has 0 unspecified atom stereocenters. The third-order valence-electron chi connectivity index (χ3n) is 2.18. The molecule has 0 amide bonds. The highest BCUT2D eigenvalue weighted by atomic mass is 32.1. The van der Waals surface area contributed by atoms with E-state index in [4.69, 9.17) is 0 Å². The predicted molar refractivity (Wildman–Crippen MR) is 64.3 cm³/mol. The summed E-state index contributed by atoms with van der Waals surface area (Å²) in [6.45, 7) is 5.12. The molecule has 4 heteroatoms. The largest absolute Gasteiger partial charge is 0.378 e. The van der Waals surface area contributed by atoms with Crippen molar-refractivity contribution >= 4 is 17.0 Å². The maximum atomic E-state index is 4.27. The molecular weight excluding hydrogens is 206 g/mol. The molecule has 0 aliphatic rings. The van der Waals surface area contributed by atoms with Gasteiger partial charge in [0.2, 0.25) is 0 Å². The van der Waals surface area contributed by atoms with Gasteiger partial charge in [-0.15, -0.1) is 11.3 Å². The number of aromatic nitrogens is 2. The summed E-state index contributed by atoms with van der Waals surface area (Å²) in [6, 6.07) is 4.62. The molecule has 0 bridgehead atoms. The minimum atomic E-state index is 0.419. The van der Waals surface area contributed by atoms with E-state index in [1.807, 2.05) is 17.1 Å². The zero-order valence-electron chi connectivity index (χ0n) is 8.97. The van der Waals surface area contributed by atoms with Gasteiger partial charge in [0, 0.05) is 23.7 Å². The second-order valence-electron chi connectivity index (χ2n) is 3.74. The van der Waals surface area contributed by atoms with E-state index >= 15 is 0 Å². The van der Waals surface area contributed by atoms with Crippen molar-refractivity contribution in [2.24, 2.45) is 0 Å². The van der Waals surface area contributed by atoms with Gasteiger partial charge in [-0.1, -0.05) is 6.07 Å². The minimum absolute atomic E-state index is 0.419. The molecule has 0 aliphatic carbocycles. The average molecular weight is 221 g/mol. The van der Waals surface area contributed by atoms with Crippen molar-refractivity contribution in [2.75, 3.05) is 5.32 Å². The van der Waals surface area contributed by atoms with Crippen LogP contribution in [0.2, 0.25) is 0 Å². The summed E-state index contributed by atoms with van der Waals surface area (Å²) in [5, 5.41) is 9.71. The normalized spacial score (nSPS) is 10.9. The van der Waals surface area contributed by atoms with Crippen molar-refractivity contribution in [3.8, 4) is 0 Å². The first-order valence-corrected chi connectivity index (χ1v) is 5.94. The number of hydrogen-bond acceptors (Lipinski definition) is 3. The lowest BCUT2D eigenvalue weighted by atomic mass is 10.4. The van der Waals surface area contributed by atoms with E-state index in [1.54, 1.807) is 11.3 Å². The fourth-order valence-electron chi connectivity index (χ4n) is 1.31. The summed E-state index contributed by atoms with van der Waals surface area (Å²) in [5.74, 6) is 0. The SMILES string of the molecule is CC(C)n1cc(NCc2cccs2)cn1. The van der Waals surface area contributed by atoms with Crippen LogP contribution in [0.15, 0.2) is 29.9 Å². The summed E-state index contributed by atoms with van der Waals surface area (Å²) >= 11 is 1.77. The van der Waals surface area contributed by atoms with Crippen molar-refractivity contribution in [3.05, 3.63) is 34.8 Å². The Morgan fingerprint density at radius 2 is 2.40 bits per heavy atom. The monoisotopic (exact) mass is 221 g/mol. The Kier molecular flexibility index (Phi) is 3.06. The van der Waals surface area contributed by atoms with E-state index in [-0.39, 0.29) is 0 Å². The molecule has 0 radical (unpaired) electrons. The molecule has 2 aromatic rings. The molecule has 0 aromatic carbocycles. The van der Waals surface area contributed by atoms with Gasteiger partial charge in [-0.2, -0.15) is 5.10 Å². The molecule has 3 nitrogen and oxygen atoms in total. The molecule has 0 saturated carbocycles. The van der Waals surface area contributed by atoms with Crippen LogP contribution in [0, 0.1) is 0 Å². The highest BCUT2D eigenvalue weighted by Crippen LogP contribution is 2.13. The van der Waals surface area contributed by atoms with Crippen LogP contribution in [0.5, 0.6) is 0 Å². The van der Waals surface area contributed by atoms with Gasteiger partial charge in [0.1, 0.15) is 0 Å². The number of nitrogens with one attached hydrogen (secondary N) is 1. The summed E-state index contributed by atoms with van der Waals surface area (Å²) < 4.78 is 1.96. The lowest BCUT2D eigenvalue weighted by Crippen LogP contribution is -2.00. The van der Waals surface area contributed by atoms with Crippen molar-refractivity contribution in [3.63, 3.8) is 0 Å². The van der Waals surface area contributed by atoms with Crippen LogP contribution in [-0.2, 0) is 6.54 Å². The van der Waals surface area contributed by atoms with Crippen LogP contribution in [0.4, 0.5) is 5.69 Å². The number of anilines is 1. The number of thiophene rings is 1. The first-order chi connectivity index (χ1) is 7.25. The Labute approximate surface area is 93.7 Å². The summed E-state index contributed by atoms with van der Waals surface area (Å²) in [7, 11) is 0. The summed E-state index contributed by atoms with van der Waals surface area (Å²) in [4.78, 5) is 1.34. The number of rotatable bonds is 4. The van der Waals surface area contributed by atoms with E-state index < -0.39 is 0 Å². The second-order valence-corrected chi connectivity index (χ2v) is 4.77. The quantitative estimate of drug-likeness (QED) is 0.859. The first-order valence-electron chi connectivity index (χ1n) is 5.06. The van der Waals surface area contributed by atoms with E-state index in [9.17, 15) is 0 Å². The number of nitrogens with zero attached hydrogens (tertiary/aromatic N) is 2. The first kappa shape index (κ1) is 10.2. The van der Waals surface area contributed by atoms with Gasteiger partial charge in [-0.05, 0) is 25.3 Å². The van der Waals surface area contributed by atoms with Crippen LogP contribution < -0.4 is 5.32 Å². The van der Waals surface area contributed by atoms with E-state index in [0.717, 1.165) is 12.2 Å². The number of hydrogen-bond donors (Lipinski definition) is 1. The molecule has 2 aromatic heterocycles. The summed E-state index contributed by atoms with van der Waals surface area (Å²) in [6.07, 6.45) is 3.91. The fraction of sp³-hybridized carbons (Fsp3) is 0.364. The molecule has 0 atom stereocenters. The Hall–Kier alpha value is -1.29. The van der Waals surface area contributed by atoms with Crippen LogP contribution in [-0.4, -0.2) is 9.78 Å². The van der Waals surface area contributed by atoms with Crippen LogP contribution in [0.3, 0.4) is 0 Å². The Morgan fingerprint density at radius 1 is 1.53 bits per heavy atom. The predicted octanol–water partition coefficient (Wildman–Crippen LogP) is 3.14. The molecule has 0 fully saturated rings. The van der Waals surface area contributed by atoms with Crippen molar-refractivity contribution in [1.82, 2.24) is 9.78 Å². The Bertz CT molecular complexity index is 403. The second kappa shape index (κ2) is 4.49. The molecule has 2 rings (SSSR count). The minimum Gasteiger partial charge on any atom is -0.378 e. The molecule has 0 saturated heterocycles. The lowest BCUT2D eigenvalue weighted by molar-refractivity contribution is 0.532. The van der Waals surface area contributed by atoms with Crippen molar-refractivity contribution < 1.29 is 0 Å². The fourth-order valence-corrected chi connectivity index (χ4v) is 1.96. The highest BCUT2D eigenvalue weighted by molar-refractivity contribution is 7.09.